The summed E-state index contributed by atoms with van der Waals surface area (Å²) in [7, 11) is 0. The summed E-state index contributed by atoms with van der Waals surface area (Å²) in [6.07, 6.45) is 7.69. The fraction of sp³-hybridized carbons (Fsp3) is 0.417. The van der Waals surface area contributed by atoms with Gasteiger partial charge in [0.05, 0.1) is 0 Å². The topological polar surface area (TPSA) is 0 Å². The first-order valence-electron chi connectivity index (χ1n) is 9.92. The normalized spacial score (nSPS) is 21.2. The Hall–Kier alpha value is -2.03. The lowest BCUT2D eigenvalue weighted by Gasteiger charge is -2.27. The van der Waals surface area contributed by atoms with Crippen LogP contribution < -0.4 is 0 Å². The van der Waals surface area contributed by atoms with Crippen LogP contribution in [0, 0.1) is 17.7 Å². The molecule has 1 aliphatic rings. The Morgan fingerprint density at radius 2 is 1.85 bits per heavy atom. The molecular weight excluding hydrogens is 345 g/mol. The van der Waals surface area contributed by atoms with Gasteiger partial charge in [0.1, 0.15) is 11.6 Å². The second-order valence-corrected chi connectivity index (χ2v) is 7.60. The quantitative estimate of drug-likeness (QED) is 0.452. The molecular formula is C24H27F3. The van der Waals surface area contributed by atoms with Crippen molar-refractivity contribution < 1.29 is 13.2 Å². The second-order valence-electron chi connectivity index (χ2n) is 7.60. The van der Waals surface area contributed by atoms with Gasteiger partial charge in [-0.3, -0.25) is 0 Å². The number of halogens is 3. The summed E-state index contributed by atoms with van der Waals surface area (Å²) in [5.74, 6) is -2.33. The van der Waals surface area contributed by atoms with Gasteiger partial charge in [0.25, 0.3) is 0 Å². The van der Waals surface area contributed by atoms with Crippen LogP contribution in [0.4, 0.5) is 13.2 Å². The van der Waals surface area contributed by atoms with Gasteiger partial charge in [0.15, 0.2) is 5.83 Å². The summed E-state index contributed by atoms with van der Waals surface area (Å²) >= 11 is 0. The SMILES string of the molecule is C=CCCc1ccc2c(F)c(C(F)=C(F)C3CCC(CC)CC3)ccc2c1. The predicted octanol–water partition coefficient (Wildman–Crippen LogP) is 7.92. The molecule has 0 nitrogen and oxygen atoms in total. The zero-order chi connectivity index (χ0) is 19.4. The van der Waals surface area contributed by atoms with Crippen molar-refractivity contribution >= 4 is 16.6 Å². The van der Waals surface area contributed by atoms with Crippen LogP contribution >= 0.6 is 0 Å². The van der Waals surface area contributed by atoms with E-state index in [1.165, 1.54) is 6.07 Å². The fourth-order valence-electron chi connectivity index (χ4n) is 4.07. The molecule has 27 heavy (non-hydrogen) atoms. The van der Waals surface area contributed by atoms with Crippen molar-refractivity contribution in [2.75, 3.05) is 0 Å². The Balaban J connectivity index is 1.89. The molecule has 0 unspecified atom stereocenters. The van der Waals surface area contributed by atoms with Crippen LogP contribution in [0.1, 0.15) is 56.6 Å². The van der Waals surface area contributed by atoms with Gasteiger partial charge in [-0.05, 0) is 61.5 Å². The third-order valence-electron chi connectivity index (χ3n) is 5.88. The Labute approximate surface area is 159 Å². The highest BCUT2D eigenvalue weighted by Crippen LogP contribution is 2.39. The lowest BCUT2D eigenvalue weighted by Crippen LogP contribution is -2.15. The van der Waals surface area contributed by atoms with E-state index in [9.17, 15) is 13.2 Å². The summed E-state index contributed by atoms with van der Waals surface area (Å²) in [5, 5.41) is 1.03. The van der Waals surface area contributed by atoms with Crippen molar-refractivity contribution in [1.82, 2.24) is 0 Å². The monoisotopic (exact) mass is 372 g/mol. The van der Waals surface area contributed by atoms with Gasteiger partial charge in [-0.1, -0.05) is 43.7 Å². The molecule has 0 aromatic heterocycles. The highest BCUT2D eigenvalue weighted by molar-refractivity contribution is 5.87. The number of allylic oxidation sites excluding steroid dienone is 2. The van der Waals surface area contributed by atoms with Crippen molar-refractivity contribution in [3.05, 3.63) is 65.8 Å². The van der Waals surface area contributed by atoms with Gasteiger partial charge in [0, 0.05) is 16.9 Å². The first-order chi connectivity index (χ1) is 13.0. The summed E-state index contributed by atoms with van der Waals surface area (Å²) in [4.78, 5) is 0. The molecule has 0 bridgehead atoms. The molecule has 2 aromatic rings. The maximum Gasteiger partial charge on any atom is 0.165 e. The lowest BCUT2D eigenvalue weighted by molar-refractivity contribution is 0.268. The van der Waals surface area contributed by atoms with Gasteiger partial charge in [0.2, 0.25) is 0 Å². The third kappa shape index (κ3) is 4.28. The van der Waals surface area contributed by atoms with Crippen LogP contribution in [0.2, 0.25) is 0 Å². The molecule has 0 amide bonds. The minimum absolute atomic E-state index is 0.267. The number of fused-ring (bicyclic) bond motifs is 1. The maximum atomic E-state index is 14.9. The number of hydrogen-bond donors (Lipinski definition) is 0. The molecule has 0 radical (unpaired) electrons. The van der Waals surface area contributed by atoms with Gasteiger partial charge in [-0.15, -0.1) is 6.58 Å². The average Bonchev–Trinajstić information content (AvgIpc) is 2.71. The highest BCUT2D eigenvalue weighted by atomic mass is 19.2. The largest absolute Gasteiger partial charge is 0.208 e. The fourth-order valence-corrected chi connectivity index (χ4v) is 4.07. The van der Waals surface area contributed by atoms with E-state index in [0.29, 0.717) is 29.5 Å². The molecule has 0 atom stereocenters. The Bertz CT molecular complexity index is 842. The summed E-state index contributed by atoms with van der Waals surface area (Å²) in [6.45, 7) is 5.83. The molecule has 0 N–H and O–H groups in total. The second kappa shape index (κ2) is 8.77. The highest BCUT2D eigenvalue weighted by Gasteiger charge is 2.27. The minimum Gasteiger partial charge on any atom is -0.208 e. The third-order valence-corrected chi connectivity index (χ3v) is 5.88. The van der Waals surface area contributed by atoms with E-state index in [1.54, 1.807) is 12.1 Å². The smallest absolute Gasteiger partial charge is 0.165 e. The van der Waals surface area contributed by atoms with E-state index < -0.39 is 23.4 Å². The first-order valence-corrected chi connectivity index (χ1v) is 9.92. The molecule has 3 rings (SSSR count). The van der Waals surface area contributed by atoms with E-state index in [2.05, 4.69) is 13.5 Å². The lowest BCUT2D eigenvalue weighted by atomic mass is 9.80. The van der Waals surface area contributed by atoms with E-state index in [1.807, 2.05) is 18.2 Å². The van der Waals surface area contributed by atoms with Crippen molar-refractivity contribution in [3.8, 4) is 0 Å². The van der Waals surface area contributed by atoms with E-state index >= 15 is 0 Å². The van der Waals surface area contributed by atoms with E-state index in [-0.39, 0.29) is 5.56 Å². The molecule has 0 aliphatic heterocycles. The minimum atomic E-state index is -1.04. The standard InChI is InChI=1S/C24H27F3/c1-3-5-6-17-9-13-20-19(15-17)12-14-21(23(20)26)24(27)22(25)18-10-7-16(4-2)8-11-18/h3,9,12-16,18H,1,4-8,10-11H2,2H3. The molecule has 2 aromatic carbocycles. The molecule has 0 saturated heterocycles. The van der Waals surface area contributed by atoms with Crippen LogP contribution in [-0.4, -0.2) is 0 Å². The zero-order valence-electron chi connectivity index (χ0n) is 15.9. The summed E-state index contributed by atoms with van der Waals surface area (Å²) in [6, 6.07) is 8.43. The molecule has 3 heteroatoms. The van der Waals surface area contributed by atoms with Crippen LogP contribution in [0.15, 0.2) is 48.8 Å². The Morgan fingerprint density at radius 3 is 2.52 bits per heavy atom. The van der Waals surface area contributed by atoms with Crippen LogP contribution in [0.25, 0.3) is 16.6 Å². The van der Waals surface area contributed by atoms with Gasteiger partial charge >= 0.3 is 0 Å². The molecule has 1 aliphatic carbocycles. The number of aryl methyl sites for hydroxylation is 1. The summed E-state index contributed by atoms with van der Waals surface area (Å²) < 4.78 is 44.4. The molecule has 1 fully saturated rings. The van der Waals surface area contributed by atoms with Crippen LogP contribution in [0.3, 0.4) is 0 Å². The first kappa shape index (κ1) is 19.7. The van der Waals surface area contributed by atoms with E-state index in [0.717, 1.165) is 37.7 Å². The van der Waals surface area contributed by atoms with E-state index in [4.69, 9.17) is 0 Å². The predicted molar refractivity (Wildman–Crippen MR) is 107 cm³/mol. The van der Waals surface area contributed by atoms with Gasteiger partial charge < -0.3 is 0 Å². The Kier molecular flexibility index (Phi) is 6.41. The van der Waals surface area contributed by atoms with Gasteiger partial charge in [-0.2, -0.15) is 0 Å². The number of benzene rings is 2. The number of rotatable bonds is 6. The van der Waals surface area contributed by atoms with Crippen molar-refractivity contribution in [3.63, 3.8) is 0 Å². The average molecular weight is 372 g/mol. The number of hydrogen-bond acceptors (Lipinski definition) is 0. The van der Waals surface area contributed by atoms with Crippen LogP contribution in [0.5, 0.6) is 0 Å². The molecule has 0 heterocycles. The zero-order valence-corrected chi connectivity index (χ0v) is 15.9. The molecule has 0 spiro atoms. The van der Waals surface area contributed by atoms with Gasteiger partial charge in [-0.25, -0.2) is 13.2 Å². The maximum absolute atomic E-state index is 14.9. The molecule has 1 saturated carbocycles. The van der Waals surface area contributed by atoms with Crippen LogP contribution in [-0.2, 0) is 6.42 Å². The van der Waals surface area contributed by atoms with Crippen molar-refractivity contribution in [2.45, 2.75) is 51.9 Å². The van der Waals surface area contributed by atoms with Crippen molar-refractivity contribution in [2.24, 2.45) is 11.8 Å². The molecule has 144 valence electrons. The summed E-state index contributed by atoms with van der Waals surface area (Å²) in [5.41, 5.74) is 0.806. The Morgan fingerprint density at radius 1 is 1.11 bits per heavy atom. The van der Waals surface area contributed by atoms with Crippen molar-refractivity contribution in [1.29, 1.82) is 0 Å².